The van der Waals surface area contributed by atoms with E-state index in [4.69, 9.17) is 4.42 Å². The number of nitrogens with one attached hydrogen (secondary N) is 2. The van der Waals surface area contributed by atoms with Crippen LogP contribution in [0, 0.1) is 0 Å². The van der Waals surface area contributed by atoms with Crippen LogP contribution in [0.4, 0.5) is 6.01 Å². The number of carbonyl (C=O) groups is 1. The lowest BCUT2D eigenvalue weighted by molar-refractivity contribution is -0.117. The largest absolute Gasteiger partial charge is 0.408 e. The van der Waals surface area contributed by atoms with Gasteiger partial charge in [0, 0.05) is 18.5 Å². The van der Waals surface area contributed by atoms with Gasteiger partial charge in [-0.25, -0.2) is 0 Å². The molecule has 0 bridgehead atoms. The molecule has 0 aromatic carbocycles. The average Bonchev–Trinajstić information content (AvgIpc) is 2.88. The van der Waals surface area contributed by atoms with E-state index < -0.39 is 0 Å². The van der Waals surface area contributed by atoms with Gasteiger partial charge >= 0.3 is 6.01 Å². The molecule has 1 aromatic heterocycles. The van der Waals surface area contributed by atoms with Gasteiger partial charge in [-0.05, 0) is 26.4 Å². The van der Waals surface area contributed by atoms with Crippen molar-refractivity contribution in [3.8, 4) is 0 Å². The van der Waals surface area contributed by atoms with Crippen LogP contribution in [0.1, 0.15) is 38.5 Å². The highest BCUT2D eigenvalue weighted by Crippen LogP contribution is 2.15. The van der Waals surface area contributed by atoms with E-state index in [2.05, 4.69) is 25.7 Å². The maximum absolute atomic E-state index is 11.9. The monoisotopic (exact) mass is 281 g/mol. The lowest BCUT2D eigenvalue weighted by Crippen LogP contribution is -2.46. The van der Waals surface area contributed by atoms with Crippen LogP contribution >= 0.6 is 0 Å². The molecule has 1 amide bonds. The summed E-state index contributed by atoms with van der Waals surface area (Å²) in [6, 6.07) is 0.581. The molecule has 20 heavy (non-hydrogen) atoms. The normalized spacial score (nSPS) is 19.6. The number of anilines is 1. The number of piperidine rings is 1. The first kappa shape index (κ1) is 14.9. The molecule has 1 saturated heterocycles. The molecule has 0 spiro atoms. The fourth-order valence-electron chi connectivity index (χ4n) is 2.24. The topological polar surface area (TPSA) is 83.3 Å². The molecular weight excluding hydrogens is 258 g/mol. The standard InChI is InChI=1S/C13H23N5O2/c1-9(2)12-16-17-13(20-12)15-11(19)8-18(3)10-5-4-6-14-7-10/h9-10,14H,4-8H2,1-3H3,(H,15,17,19). The van der Waals surface area contributed by atoms with Crippen molar-refractivity contribution >= 4 is 11.9 Å². The Bertz CT molecular complexity index is 440. The molecule has 0 radical (unpaired) electrons. The van der Waals surface area contributed by atoms with Gasteiger partial charge in [-0.2, -0.15) is 0 Å². The molecule has 1 atom stereocenters. The summed E-state index contributed by atoms with van der Waals surface area (Å²) < 4.78 is 5.36. The zero-order valence-corrected chi connectivity index (χ0v) is 12.3. The highest BCUT2D eigenvalue weighted by Gasteiger charge is 2.20. The van der Waals surface area contributed by atoms with Crippen molar-refractivity contribution in [1.29, 1.82) is 0 Å². The van der Waals surface area contributed by atoms with E-state index in [1.807, 2.05) is 20.9 Å². The molecule has 2 heterocycles. The maximum Gasteiger partial charge on any atom is 0.322 e. The Morgan fingerprint density at radius 3 is 2.95 bits per heavy atom. The summed E-state index contributed by atoms with van der Waals surface area (Å²) in [6.45, 7) is 6.25. The number of carbonyl (C=O) groups excluding carboxylic acids is 1. The number of amides is 1. The summed E-state index contributed by atoms with van der Waals surface area (Å²) in [5.41, 5.74) is 0. The van der Waals surface area contributed by atoms with Gasteiger partial charge in [0.1, 0.15) is 0 Å². The second-order valence-corrected chi connectivity index (χ2v) is 5.56. The van der Waals surface area contributed by atoms with Crippen LogP contribution < -0.4 is 10.6 Å². The van der Waals surface area contributed by atoms with Crippen molar-refractivity contribution in [2.45, 2.75) is 38.6 Å². The van der Waals surface area contributed by atoms with E-state index in [0.29, 0.717) is 18.5 Å². The van der Waals surface area contributed by atoms with Crippen LogP contribution in [0.2, 0.25) is 0 Å². The van der Waals surface area contributed by atoms with Crippen LogP contribution in [0.3, 0.4) is 0 Å². The quantitative estimate of drug-likeness (QED) is 0.831. The van der Waals surface area contributed by atoms with Gasteiger partial charge in [-0.15, -0.1) is 5.10 Å². The zero-order valence-electron chi connectivity index (χ0n) is 12.3. The predicted octanol–water partition coefficient (Wildman–Crippen LogP) is 0.815. The second-order valence-electron chi connectivity index (χ2n) is 5.56. The van der Waals surface area contributed by atoms with Crippen LogP contribution in [-0.2, 0) is 4.79 Å². The first-order valence-electron chi connectivity index (χ1n) is 7.10. The van der Waals surface area contributed by atoms with Gasteiger partial charge in [-0.3, -0.25) is 15.0 Å². The fraction of sp³-hybridized carbons (Fsp3) is 0.769. The minimum atomic E-state index is -0.128. The van der Waals surface area contributed by atoms with Gasteiger partial charge in [0.25, 0.3) is 0 Å². The first-order valence-corrected chi connectivity index (χ1v) is 7.10. The van der Waals surface area contributed by atoms with Gasteiger partial charge in [0.05, 0.1) is 6.54 Å². The Morgan fingerprint density at radius 2 is 2.35 bits per heavy atom. The van der Waals surface area contributed by atoms with Gasteiger partial charge < -0.3 is 9.73 Å². The van der Waals surface area contributed by atoms with Crippen LogP contribution in [0.5, 0.6) is 0 Å². The Labute approximate surface area is 119 Å². The van der Waals surface area contributed by atoms with Crippen LogP contribution in [0.25, 0.3) is 0 Å². The number of hydrogen-bond donors (Lipinski definition) is 2. The highest BCUT2D eigenvalue weighted by molar-refractivity contribution is 5.90. The first-order chi connectivity index (χ1) is 9.56. The van der Waals surface area contributed by atoms with Crippen molar-refractivity contribution < 1.29 is 9.21 Å². The molecule has 1 aromatic rings. The fourth-order valence-corrected chi connectivity index (χ4v) is 2.24. The smallest absolute Gasteiger partial charge is 0.322 e. The molecule has 2 N–H and O–H groups in total. The highest BCUT2D eigenvalue weighted by atomic mass is 16.4. The number of nitrogens with zero attached hydrogens (tertiary/aromatic N) is 3. The van der Waals surface area contributed by atoms with Gasteiger partial charge in [0.15, 0.2) is 0 Å². The van der Waals surface area contributed by atoms with Crippen molar-refractivity contribution in [2.75, 3.05) is 32.0 Å². The molecule has 1 fully saturated rings. The minimum Gasteiger partial charge on any atom is -0.408 e. The third-order valence-corrected chi connectivity index (χ3v) is 3.47. The Balaban J connectivity index is 1.81. The molecule has 7 heteroatoms. The molecule has 0 aliphatic carbocycles. The van der Waals surface area contributed by atoms with Crippen molar-refractivity contribution in [2.24, 2.45) is 0 Å². The Hall–Kier alpha value is -1.47. The molecule has 1 aliphatic rings. The molecule has 1 aliphatic heterocycles. The number of likely N-dealkylation sites (N-methyl/N-ethyl adjacent to an activating group) is 1. The molecular formula is C13H23N5O2. The lowest BCUT2D eigenvalue weighted by atomic mass is 10.1. The van der Waals surface area contributed by atoms with Crippen LogP contribution in [0.15, 0.2) is 4.42 Å². The van der Waals surface area contributed by atoms with E-state index >= 15 is 0 Å². The summed E-state index contributed by atoms with van der Waals surface area (Å²) >= 11 is 0. The summed E-state index contributed by atoms with van der Waals surface area (Å²) in [7, 11) is 1.96. The number of aromatic nitrogens is 2. The van der Waals surface area contributed by atoms with E-state index in [1.165, 1.54) is 0 Å². The SMILES string of the molecule is CC(C)c1nnc(NC(=O)CN(C)C2CCCNC2)o1. The molecule has 112 valence electrons. The average molecular weight is 281 g/mol. The van der Waals surface area contributed by atoms with E-state index in [0.717, 1.165) is 25.9 Å². The lowest BCUT2D eigenvalue weighted by Gasteiger charge is -2.30. The van der Waals surface area contributed by atoms with E-state index in [1.54, 1.807) is 0 Å². The minimum absolute atomic E-state index is 0.128. The molecule has 2 rings (SSSR count). The number of rotatable bonds is 5. The van der Waals surface area contributed by atoms with E-state index in [-0.39, 0.29) is 17.8 Å². The zero-order chi connectivity index (χ0) is 14.5. The molecule has 1 unspecified atom stereocenters. The number of hydrogen-bond acceptors (Lipinski definition) is 6. The summed E-state index contributed by atoms with van der Waals surface area (Å²) in [5, 5.41) is 13.7. The Morgan fingerprint density at radius 1 is 1.55 bits per heavy atom. The van der Waals surface area contributed by atoms with Crippen LogP contribution in [-0.4, -0.2) is 53.7 Å². The van der Waals surface area contributed by atoms with Gasteiger partial charge in [0.2, 0.25) is 11.8 Å². The summed E-state index contributed by atoms with van der Waals surface area (Å²) in [4.78, 5) is 14.0. The third-order valence-electron chi connectivity index (χ3n) is 3.47. The molecule has 7 nitrogen and oxygen atoms in total. The van der Waals surface area contributed by atoms with Crippen molar-refractivity contribution in [3.05, 3.63) is 5.89 Å². The summed E-state index contributed by atoms with van der Waals surface area (Å²) in [5.74, 6) is 0.561. The maximum atomic E-state index is 11.9. The van der Waals surface area contributed by atoms with Gasteiger partial charge in [-0.1, -0.05) is 18.9 Å². The summed E-state index contributed by atoms with van der Waals surface area (Å²) in [6.07, 6.45) is 2.27. The predicted molar refractivity (Wildman–Crippen MR) is 75.5 cm³/mol. The Kier molecular flexibility index (Phi) is 5.08. The third kappa shape index (κ3) is 4.01. The van der Waals surface area contributed by atoms with Crippen molar-refractivity contribution in [3.63, 3.8) is 0 Å². The van der Waals surface area contributed by atoms with E-state index in [9.17, 15) is 4.79 Å². The van der Waals surface area contributed by atoms with Crippen molar-refractivity contribution in [1.82, 2.24) is 20.4 Å². The second kappa shape index (κ2) is 6.81. The molecule has 0 saturated carbocycles.